The fourth-order valence-corrected chi connectivity index (χ4v) is 1.87. The average molecular weight is 364 g/mol. The third-order valence-electron chi connectivity index (χ3n) is 2.54. The molecule has 0 amide bonds. The summed E-state index contributed by atoms with van der Waals surface area (Å²) < 4.78 is 12.3. The summed E-state index contributed by atoms with van der Waals surface area (Å²) in [6.45, 7) is 6.55. The molecule has 0 aliphatic carbocycles. The topological polar surface area (TPSA) is 35.1 Å². The number of benzene rings is 1. The van der Waals surface area contributed by atoms with Gasteiger partial charge in [0.2, 0.25) is 0 Å². The zero-order chi connectivity index (χ0) is 13.1. The monoisotopic (exact) mass is 364 g/mol. The van der Waals surface area contributed by atoms with Crippen molar-refractivity contribution in [3.63, 3.8) is 0 Å². The van der Waals surface area contributed by atoms with Crippen LogP contribution >= 0.6 is 22.6 Å². The molecule has 4 heteroatoms. The Morgan fingerprint density at radius 2 is 1.83 bits per heavy atom. The zero-order valence-electron chi connectivity index (χ0n) is 11.0. The molecular formula is C14H23INO2+. The van der Waals surface area contributed by atoms with Gasteiger partial charge in [-0.25, -0.2) is 0 Å². The van der Waals surface area contributed by atoms with Crippen LogP contribution in [0, 0.1) is 3.57 Å². The molecule has 3 nitrogen and oxygen atoms in total. The van der Waals surface area contributed by atoms with Crippen LogP contribution in [0.3, 0.4) is 0 Å². The molecule has 1 rings (SSSR count). The molecule has 0 aliphatic heterocycles. The van der Waals surface area contributed by atoms with Gasteiger partial charge in [0, 0.05) is 3.57 Å². The Hall–Kier alpha value is -0.330. The first-order valence-electron chi connectivity index (χ1n) is 6.60. The lowest BCUT2D eigenvalue weighted by atomic mass is 10.3. The SMILES string of the molecule is CCCC[NH2+]CCOCCOc1ccc(I)cc1. The van der Waals surface area contributed by atoms with E-state index >= 15 is 0 Å². The Labute approximate surface area is 123 Å². The number of halogens is 1. The van der Waals surface area contributed by atoms with E-state index in [0.29, 0.717) is 13.2 Å². The third kappa shape index (κ3) is 7.89. The van der Waals surface area contributed by atoms with Crippen LogP contribution in [-0.4, -0.2) is 32.9 Å². The Morgan fingerprint density at radius 1 is 1.06 bits per heavy atom. The van der Waals surface area contributed by atoms with Crippen LogP contribution in [0.4, 0.5) is 0 Å². The van der Waals surface area contributed by atoms with Gasteiger partial charge in [0.25, 0.3) is 0 Å². The molecule has 102 valence electrons. The molecule has 0 fully saturated rings. The molecular weight excluding hydrogens is 341 g/mol. The van der Waals surface area contributed by atoms with Gasteiger partial charge in [-0.2, -0.15) is 0 Å². The van der Waals surface area contributed by atoms with Gasteiger partial charge in [-0.05, 0) is 53.3 Å². The van der Waals surface area contributed by atoms with Gasteiger partial charge in [-0.3, -0.25) is 0 Å². The number of rotatable bonds is 10. The molecule has 1 aromatic rings. The van der Waals surface area contributed by atoms with E-state index in [1.165, 1.54) is 23.0 Å². The molecule has 18 heavy (non-hydrogen) atoms. The minimum Gasteiger partial charge on any atom is -0.491 e. The molecule has 0 bridgehead atoms. The Kier molecular flexibility index (Phi) is 9.24. The van der Waals surface area contributed by atoms with Crippen LogP contribution in [0.15, 0.2) is 24.3 Å². The van der Waals surface area contributed by atoms with Crippen molar-refractivity contribution in [2.24, 2.45) is 0 Å². The first-order valence-corrected chi connectivity index (χ1v) is 7.68. The summed E-state index contributed by atoms with van der Waals surface area (Å²) >= 11 is 2.28. The largest absolute Gasteiger partial charge is 0.491 e. The first kappa shape index (κ1) is 15.7. The zero-order valence-corrected chi connectivity index (χ0v) is 13.2. The van der Waals surface area contributed by atoms with Gasteiger partial charge < -0.3 is 14.8 Å². The van der Waals surface area contributed by atoms with E-state index in [-0.39, 0.29) is 0 Å². The molecule has 0 aromatic heterocycles. The van der Waals surface area contributed by atoms with Crippen molar-refractivity contribution >= 4 is 22.6 Å². The van der Waals surface area contributed by atoms with Crippen molar-refractivity contribution < 1.29 is 14.8 Å². The second kappa shape index (κ2) is 10.6. The second-order valence-corrected chi connectivity index (χ2v) is 5.38. The predicted octanol–water partition coefficient (Wildman–Crippen LogP) is 2.05. The molecule has 0 atom stereocenters. The van der Waals surface area contributed by atoms with Crippen molar-refractivity contribution in [3.8, 4) is 5.75 Å². The van der Waals surface area contributed by atoms with Crippen LogP contribution in [-0.2, 0) is 4.74 Å². The van der Waals surface area contributed by atoms with Gasteiger partial charge >= 0.3 is 0 Å². The molecule has 0 aliphatic rings. The maximum atomic E-state index is 5.57. The molecule has 0 saturated heterocycles. The van der Waals surface area contributed by atoms with Gasteiger partial charge in [0.05, 0.1) is 26.3 Å². The van der Waals surface area contributed by atoms with E-state index in [1.807, 2.05) is 24.3 Å². The van der Waals surface area contributed by atoms with Crippen molar-refractivity contribution in [2.75, 3.05) is 32.9 Å². The van der Waals surface area contributed by atoms with E-state index in [2.05, 4.69) is 34.8 Å². The molecule has 0 unspecified atom stereocenters. The standard InChI is InChI=1S/C14H22INO2/c1-2-3-8-16-9-10-17-11-12-18-14-6-4-13(15)5-7-14/h4-7,16H,2-3,8-12H2,1H3/p+1. The number of ether oxygens (including phenoxy) is 2. The van der Waals surface area contributed by atoms with Gasteiger partial charge in [-0.15, -0.1) is 0 Å². The fourth-order valence-electron chi connectivity index (χ4n) is 1.51. The predicted molar refractivity (Wildman–Crippen MR) is 82.0 cm³/mol. The first-order chi connectivity index (χ1) is 8.83. The molecule has 0 saturated carbocycles. The highest BCUT2D eigenvalue weighted by molar-refractivity contribution is 14.1. The number of nitrogens with two attached hydrogens (primary N) is 1. The summed E-state index contributed by atoms with van der Waals surface area (Å²) in [5.41, 5.74) is 0. The van der Waals surface area contributed by atoms with E-state index in [1.54, 1.807) is 0 Å². The second-order valence-electron chi connectivity index (χ2n) is 4.13. The normalized spacial score (nSPS) is 10.6. The summed E-state index contributed by atoms with van der Waals surface area (Å²) in [6.07, 6.45) is 2.55. The third-order valence-corrected chi connectivity index (χ3v) is 3.26. The van der Waals surface area contributed by atoms with Crippen molar-refractivity contribution in [1.82, 2.24) is 0 Å². The summed E-state index contributed by atoms with van der Waals surface area (Å²) in [6, 6.07) is 8.06. The summed E-state index contributed by atoms with van der Waals surface area (Å²) in [5, 5.41) is 2.31. The van der Waals surface area contributed by atoms with Crippen molar-refractivity contribution in [1.29, 1.82) is 0 Å². The van der Waals surface area contributed by atoms with E-state index in [0.717, 1.165) is 18.9 Å². The van der Waals surface area contributed by atoms with Crippen molar-refractivity contribution in [2.45, 2.75) is 19.8 Å². The van der Waals surface area contributed by atoms with Gasteiger partial charge in [-0.1, -0.05) is 13.3 Å². The fraction of sp³-hybridized carbons (Fsp3) is 0.571. The van der Waals surface area contributed by atoms with Crippen LogP contribution in [0.25, 0.3) is 0 Å². The summed E-state index contributed by atoms with van der Waals surface area (Å²) in [7, 11) is 0. The van der Waals surface area contributed by atoms with Crippen molar-refractivity contribution in [3.05, 3.63) is 27.8 Å². The lowest BCUT2D eigenvalue weighted by Gasteiger charge is -2.07. The summed E-state index contributed by atoms with van der Waals surface area (Å²) in [4.78, 5) is 0. The lowest BCUT2D eigenvalue weighted by molar-refractivity contribution is -0.656. The average Bonchev–Trinajstić information content (AvgIpc) is 2.39. The highest BCUT2D eigenvalue weighted by Crippen LogP contribution is 2.12. The molecule has 2 N–H and O–H groups in total. The minimum atomic E-state index is 0.621. The highest BCUT2D eigenvalue weighted by Gasteiger charge is 1.95. The summed E-state index contributed by atoms with van der Waals surface area (Å²) in [5.74, 6) is 0.911. The maximum absolute atomic E-state index is 5.57. The lowest BCUT2D eigenvalue weighted by Crippen LogP contribution is -2.85. The van der Waals surface area contributed by atoms with Crippen LogP contribution in [0.5, 0.6) is 5.75 Å². The van der Waals surface area contributed by atoms with E-state index in [9.17, 15) is 0 Å². The smallest absolute Gasteiger partial charge is 0.119 e. The number of quaternary nitrogens is 1. The minimum absolute atomic E-state index is 0.621. The maximum Gasteiger partial charge on any atom is 0.119 e. The molecule has 1 aromatic carbocycles. The molecule has 0 heterocycles. The Morgan fingerprint density at radius 3 is 2.56 bits per heavy atom. The number of hydrogen-bond donors (Lipinski definition) is 1. The van der Waals surface area contributed by atoms with Crippen LogP contribution in [0.2, 0.25) is 0 Å². The highest BCUT2D eigenvalue weighted by atomic mass is 127. The van der Waals surface area contributed by atoms with Crippen LogP contribution in [0.1, 0.15) is 19.8 Å². The molecule has 0 radical (unpaired) electrons. The van der Waals surface area contributed by atoms with E-state index < -0.39 is 0 Å². The number of hydrogen-bond acceptors (Lipinski definition) is 2. The van der Waals surface area contributed by atoms with Gasteiger partial charge in [0.15, 0.2) is 0 Å². The van der Waals surface area contributed by atoms with E-state index in [4.69, 9.17) is 9.47 Å². The Balaban J connectivity index is 1.91. The van der Waals surface area contributed by atoms with Crippen LogP contribution < -0.4 is 10.1 Å². The Bertz CT molecular complexity index is 303. The quantitative estimate of drug-likeness (QED) is 0.510. The molecule has 0 spiro atoms. The van der Waals surface area contributed by atoms with Gasteiger partial charge in [0.1, 0.15) is 12.4 Å². The number of unbranched alkanes of at least 4 members (excludes halogenated alkanes) is 1.